The van der Waals surface area contributed by atoms with E-state index in [-0.39, 0.29) is 6.61 Å². The molecule has 0 amide bonds. The quantitative estimate of drug-likeness (QED) is 0.243. The molecular weight excluding hydrogens is 387 g/mol. The van der Waals surface area contributed by atoms with Crippen LogP contribution in [0.1, 0.15) is 51.0 Å². The second-order valence-electron chi connectivity index (χ2n) is 7.15. The molecule has 0 N–H and O–H groups in total. The molecule has 0 heterocycles. The zero-order valence-corrected chi connectivity index (χ0v) is 18.7. The van der Waals surface area contributed by atoms with Crippen LogP contribution in [0.2, 0.25) is 0 Å². The molecule has 30 heavy (non-hydrogen) atoms. The Morgan fingerprint density at radius 3 is 1.67 bits per heavy atom. The zero-order chi connectivity index (χ0) is 21.5. The summed E-state index contributed by atoms with van der Waals surface area (Å²) in [7, 11) is 0. The SMILES string of the molecule is CCCCCCCCc1ccc(OCCOCCOCCOCCOCCF)cc1. The Morgan fingerprint density at radius 2 is 1.10 bits per heavy atom. The van der Waals surface area contributed by atoms with E-state index in [2.05, 4.69) is 19.1 Å². The van der Waals surface area contributed by atoms with Crippen LogP contribution in [0.4, 0.5) is 4.39 Å². The second-order valence-corrected chi connectivity index (χ2v) is 7.15. The van der Waals surface area contributed by atoms with Crippen molar-refractivity contribution in [2.75, 3.05) is 66.1 Å². The van der Waals surface area contributed by atoms with Crippen LogP contribution in [0, 0.1) is 0 Å². The van der Waals surface area contributed by atoms with Crippen molar-refractivity contribution in [2.24, 2.45) is 0 Å². The van der Waals surface area contributed by atoms with E-state index in [0.717, 1.165) is 12.2 Å². The van der Waals surface area contributed by atoms with Crippen LogP contribution in [0.25, 0.3) is 0 Å². The highest BCUT2D eigenvalue weighted by atomic mass is 19.1. The molecule has 1 aromatic carbocycles. The molecule has 0 unspecified atom stereocenters. The van der Waals surface area contributed by atoms with E-state index in [4.69, 9.17) is 23.7 Å². The van der Waals surface area contributed by atoms with E-state index in [1.54, 1.807) is 0 Å². The third kappa shape index (κ3) is 16.6. The lowest BCUT2D eigenvalue weighted by atomic mass is 10.0. The van der Waals surface area contributed by atoms with Crippen LogP contribution in [0.3, 0.4) is 0 Å². The van der Waals surface area contributed by atoms with Crippen LogP contribution in [-0.2, 0) is 25.4 Å². The Balaban J connectivity index is 1.87. The van der Waals surface area contributed by atoms with Gasteiger partial charge in [-0.2, -0.15) is 0 Å². The number of unbranched alkanes of at least 4 members (excludes halogenated alkanes) is 5. The van der Waals surface area contributed by atoms with Gasteiger partial charge in [0, 0.05) is 0 Å². The van der Waals surface area contributed by atoms with E-state index in [9.17, 15) is 4.39 Å². The number of ether oxygens (including phenoxy) is 5. The molecular formula is C24H41FO5. The number of aryl methyl sites for hydroxylation is 1. The molecule has 1 aromatic rings. The van der Waals surface area contributed by atoms with Crippen LogP contribution in [0.15, 0.2) is 24.3 Å². The minimum absolute atomic E-state index is 0.130. The van der Waals surface area contributed by atoms with Crippen LogP contribution >= 0.6 is 0 Å². The summed E-state index contributed by atoms with van der Waals surface area (Å²) in [6.07, 6.45) is 9.11. The van der Waals surface area contributed by atoms with Gasteiger partial charge in [-0.3, -0.25) is 0 Å². The highest BCUT2D eigenvalue weighted by Crippen LogP contribution is 2.15. The minimum atomic E-state index is -0.459. The van der Waals surface area contributed by atoms with Crippen molar-refractivity contribution in [1.82, 2.24) is 0 Å². The van der Waals surface area contributed by atoms with Crippen molar-refractivity contribution < 1.29 is 28.1 Å². The fourth-order valence-corrected chi connectivity index (χ4v) is 2.90. The maximum atomic E-state index is 11.8. The van der Waals surface area contributed by atoms with Crippen molar-refractivity contribution in [1.29, 1.82) is 0 Å². The molecule has 0 spiro atoms. The van der Waals surface area contributed by atoms with Gasteiger partial charge >= 0.3 is 0 Å². The monoisotopic (exact) mass is 428 g/mol. The predicted octanol–water partition coefficient (Wildman–Crippen LogP) is 5.00. The molecule has 0 aromatic heterocycles. The minimum Gasteiger partial charge on any atom is -0.491 e. The van der Waals surface area contributed by atoms with E-state index in [0.29, 0.717) is 52.9 Å². The Hall–Kier alpha value is -1.21. The molecule has 1 rings (SSSR count). The number of alkyl halides is 1. The van der Waals surface area contributed by atoms with Crippen molar-refractivity contribution in [3.63, 3.8) is 0 Å². The van der Waals surface area contributed by atoms with E-state index >= 15 is 0 Å². The van der Waals surface area contributed by atoms with Gasteiger partial charge in [-0.05, 0) is 30.5 Å². The molecule has 0 fully saturated rings. The lowest BCUT2D eigenvalue weighted by molar-refractivity contribution is -0.00557. The van der Waals surface area contributed by atoms with E-state index < -0.39 is 6.67 Å². The molecule has 0 aliphatic carbocycles. The normalized spacial score (nSPS) is 11.1. The number of rotatable bonds is 22. The summed E-state index contributed by atoms with van der Waals surface area (Å²) in [4.78, 5) is 0. The summed E-state index contributed by atoms with van der Waals surface area (Å²) in [5.74, 6) is 0.884. The summed E-state index contributed by atoms with van der Waals surface area (Å²) in [6.45, 7) is 5.91. The summed E-state index contributed by atoms with van der Waals surface area (Å²) in [5, 5.41) is 0. The summed E-state index contributed by atoms with van der Waals surface area (Å²) in [6, 6.07) is 8.40. The Bertz CT molecular complexity index is 469. The first kappa shape index (κ1) is 26.8. The standard InChI is InChI=1S/C24H41FO5/c1-2-3-4-5-6-7-8-23-9-11-24(12-10-23)30-22-21-29-20-19-28-18-17-27-16-15-26-14-13-25/h9-12H,2-8,13-22H2,1H3. The van der Waals surface area contributed by atoms with Crippen LogP contribution < -0.4 is 4.74 Å². The highest BCUT2D eigenvalue weighted by Gasteiger charge is 1.98. The fraction of sp³-hybridized carbons (Fsp3) is 0.750. The first-order valence-electron chi connectivity index (χ1n) is 11.5. The Kier molecular flexibility index (Phi) is 18.8. The van der Waals surface area contributed by atoms with Crippen molar-refractivity contribution in [3.8, 4) is 5.75 Å². The van der Waals surface area contributed by atoms with Gasteiger partial charge in [0.15, 0.2) is 0 Å². The molecule has 0 radical (unpaired) electrons. The van der Waals surface area contributed by atoms with Gasteiger partial charge in [0.1, 0.15) is 19.0 Å². The lowest BCUT2D eigenvalue weighted by Gasteiger charge is -2.09. The summed E-state index contributed by atoms with van der Waals surface area (Å²) in [5.41, 5.74) is 1.38. The fourth-order valence-electron chi connectivity index (χ4n) is 2.90. The largest absolute Gasteiger partial charge is 0.491 e. The number of hydrogen-bond acceptors (Lipinski definition) is 5. The third-order valence-corrected chi connectivity index (χ3v) is 4.58. The van der Waals surface area contributed by atoms with Crippen molar-refractivity contribution in [3.05, 3.63) is 29.8 Å². The summed E-state index contributed by atoms with van der Waals surface area (Å²) < 4.78 is 38.7. The lowest BCUT2D eigenvalue weighted by Crippen LogP contribution is -2.14. The molecule has 0 aliphatic rings. The Morgan fingerprint density at radius 1 is 0.600 bits per heavy atom. The first-order chi connectivity index (χ1) is 14.9. The molecule has 0 atom stereocenters. The van der Waals surface area contributed by atoms with Gasteiger partial charge in [0.05, 0.1) is 52.9 Å². The molecule has 174 valence electrons. The Labute approximate surface area is 182 Å². The highest BCUT2D eigenvalue weighted by molar-refractivity contribution is 5.27. The first-order valence-corrected chi connectivity index (χ1v) is 11.5. The van der Waals surface area contributed by atoms with E-state index in [1.807, 2.05) is 12.1 Å². The zero-order valence-electron chi connectivity index (χ0n) is 18.7. The molecule has 0 saturated heterocycles. The average molecular weight is 429 g/mol. The molecule has 0 aliphatic heterocycles. The maximum absolute atomic E-state index is 11.8. The number of hydrogen-bond donors (Lipinski definition) is 0. The third-order valence-electron chi connectivity index (χ3n) is 4.58. The maximum Gasteiger partial charge on any atom is 0.119 e. The smallest absolute Gasteiger partial charge is 0.119 e. The van der Waals surface area contributed by atoms with Gasteiger partial charge in [0.2, 0.25) is 0 Å². The van der Waals surface area contributed by atoms with Gasteiger partial charge in [-0.1, -0.05) is 51.2 Å². The van der Waals surface area contributed by atoms with Gasteiger partial charge in [-0.15, -0.1) is 0 Å². The van der Waals surface area contributed by atoms with E-state index in [1.165, 1.54) is 44.1 Å². The average Bonchev–Trinajstić information content (AvgIpc) is 2.77. The molecule has 5 nitrogen and oxygen atoms in total. The van der Waals surface area contributed by atoms with Gasteiger partial charge in [-0.25, -0.2) is 4.39 Å². The number of halogens is 1. The predicted molar refractivity (Wildman–Crippen MR) is 118 cm³/mol. The van der Waals surface area contributed by atoms with Crippen LogP contribution in [-0.4, -0.2) is 66.1 Å². The van der Waals surface area contributed by atoms with Crippen LogP contribution in [0.5, 0.6) is 5.75 Å². The summed E-state index contributed by atoms with van der Waals surface area (Å²) >= 11 is 0. The van der Waals surface area contributed by atoms with Gasteiger partial charge < -0.3 is 23.7 Å². The molecule has 0 bridgehead atoms. The number of benzene rings is 1. The second kappa shape index (κ2) is 21.0. The molecule has 6 heteroatoms. The van der Waals surface area contributed by atoms with Crippen molar-refractivity contribution in [2.45, 2.75) is 51.9 Å². The van der Waals surface area contributed by atoms with Gasteiger partial charge in [0.25, 0.3) is 0 Å². The van der Waals surface area contributed by atoms with Crippen molar-refractivity contribution >= 4 is 0 Å². The molecule has 0 saturated carbocycles. The topological polar surface area (TPSA) is 46.2 Å².